The molecule has 10 heteroatoms. The Balaban J connectivity index is 1.50. The molecular formula is C22H22FN7OS. The number of hydrogen-bond acceptors (Lipinski definition) is 8. The van der Waals surface area contributed by atoms with Gasteiger partial charge >= 0.3 is 0 Å². The minimum Gasteiger partial charge on any atom is -0.351 e. The van der Waals surface area contributed by atoms with E-state index in [1.165, 1.54) is 23.7 Å². The van der Waals surface area contributed by atoms with Gasteiger partial charge in [-0.25, -0.2) is 9.37 Å². The lowest BCUT2D eigenvalue weighted by Crippen LogP contribution is -2.70. The van der Waals surface area contributed by atoms with Gasteiger partial charge in [-0.05, 0) is 56.1 Å². The van der Waals surface area contributed by atoms with E-state index in [9.17, 15) is 14.4 Å². The van der Waals surface area contributed by atoms with Crippen LogP contribution in [0.3, 0.4) is 0 Å². The van der Waals surface area contributed by atoms with Crippen molar-refractivity contribution in [3.63, 3.8) is 0 Å². The standard InChI is InChI=1S/C22H22FN7OS/c1-13-10-25-21(26-18-9-14(2)29-32-18)27-19(13)30-11-22(12-30,7-8-24)28-20(31)16-5-4-6-17(23)15(16)3/h4-6,9-10H,7,11-12H2,1-3H3,(H,28,31)(H,25,26,27). The Hall–Kier alpha value is -3.58. The zero-order chi connectivity index (χ0) is 22.9. The molecule has 1 aliphatic heterocycles. The number of carbonyl (C=O) groups excluding carboxylic acids is 1. The lowest BCUT2D eigenvalue weighted by atomic mass is 9.85. The topological polar surface area (TPSA) is 107 Å². The molecule has 0 radical (unpaired) electrons. The predicted octanol–water partition coefficient (Wildman–Crippen LogP) is 3.64. The maximum absolute atomic E-state index is 13.9. The van der Waals surface area contributed by atoms with Crippen molar-refractivity contribution in [3.8, 4) is 6.07 Å². The van der Waals surface area contributed by atoms with Crippen molar-refractivity contribution in [2.24, 2.45) is 0 Å². The molecule has 164 valence electrons. The Morgan fingerprint density at radius 2 is 2.12 bits per heavy atom. The molecule has 3 heterocycles. The Bertz CT molecular complexity index is 1210. The second kappa shape index (κ2) is 8.51. The molecule has 0 saturated carbocycles. The van der Waals surface area contributed by atoms with Crippen LogP contribution in [0.5, 0.6) is 0 Å². The maximum Gasteiger partial charge on any atom is 0.252 e. The molecule has 0 atom stereocenters. The Kier molecular flexibility index (Phi) is 5.76. The summed E-state index contributed by atoms with van der Waals surface area (Å²) in [7, 11) is 0. The molecule has 2 aromatic heterocycles. The first-order valence-corrected chi connectivity index (χ1v) is 10.8. The Morgan fingerprint density at radius 1 is 1.34 bits per heavy atom. The lowest BCUT2D eigenvalue weighted by molar-refractivity contribution is 0.0878. The van der Waals surface area contributed by atoms with E-state index in [1.54, 1.807) is 19.2 Å². The van der Waals surface area contributed by atoms with Crippen LogP contribution in [0.15, 0.2) is 30.5 Å². The van der Waals surface area contributed by atoms with Gasteiger partial charge in [0.25, 0.3) is 5.91 Å². The van der Waals surface area contributed by atoms with Crippen molar-refractivity contribution in [1.82, 2.24) is 19.7 Å². The highest BCUT2D eigenvalue weighted by atomic mass is 32.1. The third-order valence-corrected chi connectivity index (χ3v) is 6.20. The van der Waals surface area contributed by atoms with Crippen molar-refractivity contribution in [1.29, 1.82) is 5.26 Å². The van der Waals surface area contributed by atoms with Gasteiger partial charge in [-0.1, -0.05) is 6.07 Å². The van der Waals surface area contributed by atoms with E-state index in [1.807, 2.05) is 24.8 Å². The summed E-state index contributed by atoms with van der Waals surface area (Å²) in [4.78, 5) is 23.8. The molecule has 1 aromatic carbocycles. The second-order valence-electron chi connectivity index (χ2n) is 8.00. The molecule has 0 unspecified atom stereocenters. The van der Waals surface area contributed by atoms with Crippen molar-refractivity contribution in [2.45, 2.75) is 32.7 Å². The van der Waals surface area contributed by atoms with Crippen LogP contribution in [0.25, 0.3) is 0 Å². The fourth-order valence-corrected chi connectivity index (χ4v) is 4.38. The fraction of sp³-hybridized carbons (Fsp3) is 0.318. The van der Waals surface area contributed by atoms with Gasteiger partial charge in [-0.3, -0.25) is 4.79 Å². The number of aryl methyl sites for hydroxylation is 2. The molecule has 32 heavy (non-hydrogen) atoms. The fourth-order valence-electron chi connectivity index (χ4n) is 3.73. The van der Waals surface area contributed by atoms with Crippen LogP contribution in [0.2, 0.25) is 0 Å². The van der Waals surface area contributed by atoms with Crippen LogP contribution >= 0.6 is 11.5 Å². The van der Waals surface area contributed by atoms with Gasteiger partial charge in [0, 0.05) is 30.4 Å². The van der Waals surface area contributed by atoms with Crippen molar-refractivity contribution < 1.29 is 9.18 Å². The van der Waals surface area contributed by atoms with Crippen molar-refractivity contribution in [2.75, 3.05) is 23.3 Å². The summed E-state index contributed by atoms with van der Waals surface area (Å²) >= 11 is 1.33. The summed E-state index contributed by atoms with van der Waals surface area (Å²) in [5, 5.41) is 16.3. The first-order chi connectivity index (χ1) is 15.3. The molecule has 1 aliphatic rings. The number of carbonyl (C=O) groups is 1. The summed E-state index contributed by atoms with van der Waals surface area (Å²) in [5.74, 6) is 0.356. The molecule has 0 aliphatic carbocycles. The van der Waals surface area contributed by atoms with Crippen LogP contribution in [0.4, 0.5) is 21.2 Å². The summed E-state index contributed by atoms with van der Waals surface area (Å²) in [6.07, 6.45) is 1.87. The van der Waals surface area contributed by atoms with Gasteiger partial charge in [0.2, 0.25) is 5.95 Å². The summed E-state index contributed by atoms with van der Waals surface area (Å²) in [5.41, 5.74) is 1.62. The molecule has 1 amide bonds. The number of hydrogen-bond donors (Lipinski definition) is 2. The molecule has 0 bridgehead atoms. The van der Waals surface area contributed by atoms with Crippen LogP contribution < -0.4 is 15.5 Å². The second-order valence-corrected chi connectivity index (χ2v) is 8.80. The molecular weight excluding hydrogens is 429 g/mol. The van der Waals surface area contributed by atoms with E-state index in [4.69, 9.17) is 0 Å². The number of amides is 1. The maximum atomic E-state index is 13.9. The molecule has 3 aromatic rings. The van der Waals surface area contributed by atoms with E-state index in [0.717, 1.165) is 22.1 Å². The van der Waals surface area contributed by atoms with Gasteiger partial charge < -0.3 is 15.5 Å². The normalized spacial score (nSPS) is 14.4. The largest absolute Gasteiger partial charge is 0.351 e. The quantitative estimate of drug-likeness (QED) is 0.589. The van der Waals surface area contributed by atoms with Crippen molar-refractivity contribution >= 4 is 34.2 Å². The Labute approximate surface area is 189 Å². The highest BCUT2D eigenvalue weighted by Gasteiger charge is 2.45. The monoisotopic (exact) mass is 451 g/mol. The van der Waals surface area contributed by atoms with E-state index in [2.05, 4.69) is 31.0 Å². The van der Waals surface area contributed by atoms with E-state index < -0.39 is 11.4 Å². The number of nitriles is 1. The zero-order valence-electron chi connectivity index (χ0n) is 17.9. The average Bonchev–Trinajstić information content (AvgIpc) is 3.14. The van der Waals surface area contributed by atoms with Gasteiger partial charge in [0.1, 0.15) is 16.6 Å². The number of aromatic nitrogens is 3. The van der Waals surface area contributed by atoms with Gasteiger partial charge in [-0.15, -0.1) is 0 Å². The minimum atomic E-state index is -0.732. The number of nitrogens with one attached hydrogen (secondary N) is 2. The van der Waals surface area contributed by atoms with Crippen LogP contribution in [-0.4, -0.2) is 38.9 Å². The summed E-state index contributed by atoms with van der Waals surface area (Å²) in [6, 6.07) is 8.48. The number of rotatable bonds is 6. The zero-order valence-corrected chi connectivity index (χ0v) is 18.8. The number of anilines is 3. The highest BCUT2D eigenvalue weighted by molar-refractivity contribution is 7.10. The SMILES string of the molecule is Cc1cc(Nc2ncc(C)c(N3CC(CC#N)(NC(=O)c4cccc(F)c4C)C3)n2)sn1. The number of benzene rings is 1. The van der Waals surface area contributed by atoms with Gasteiger partial charge in [0.05, 0.1) is 23.7 Å². The van der Waals surface area contributed by atoms with Crippen LogP contribution in [0, 0.1) is 37.9 Å². The molecule has 8 nitrogen and oxygen atoms in total. The first kappa shape index (κ1) is 21.6. The molecule has 0 spiro atoms. The molecule has 2 N–H and O–H groups in total. The van der Waals surface area contributed by atoms with Crippen LogP contribution in [0.1, 0.15) is 33.6 Å². The lowest BCUT2D eigenvalue weighted by Gasteiger charge is -2.50. The first-order valence-electron chi connectivity index (χ1n) is 10.0. The number of nitrogens with zero attached hydrogens (tertiary/aromatic N) is 5. The van der Waals surface area contributed by atoms with Crippen LogP contribution in [-0.2, 0) is 0 Å². The summed E-state index contributed by atoms with van der Waals surface area (Å²) in [6.45, 7) is 6.22. The third kappa shape index (κ3) is 4.24. The highest BCUT2D eigenvalue weighted by Crippen LogP contribution is 2.32. The summed E-state index contributed by atoms with van der Waals surface area (Å²) < 4.78 is 18.1. The molecule has 4 rings (SSSR count). The van der Waals surface area contributed by atoms with E-state index >= 15 is 0 Å². The van der Waals surface area contributed by atoms with Crippen molar-refractivity contribution in [3.05, 3.63) is 58.7 Å². The van der Waals surface area contributed by atoms with Gasteiger partial charge in [0.15, 0.2) is 0 Å². The smallest absolute Gasteiger partial charge is 0.252 e. The third-order valence-electron chi connectivity index (χ3n) is 5.40. The number of halogens is 1. The van der Waals surface area contributed by atoms with E-state index in [0.29, 0.717) is 19.0 Å². The van der Waals surface area contributed by atoms with E-state index in [-0.39, 0.29) is 23.5 Å². The minimum absolute atomic E-state index is 0.138. The molecule has 1 saturated heterocycles. The van der Waals surface area contributed by atoms with Gasteiger partial charge in [-0.2, -0.15) is 14.6 Å². The predicted molar refractivity (Wildman–Crippen MR) is 121 cm³/mol. The molecule has 1 fully saturated rings. The Morgan fingerprint density at radius 3 is 2.81 bits per heavy atom. The average molecular weight is 452 g/mol.